The topological polar surface area (TPSA) is 29.0 Å². The van der Waals surface area contributed by atoms with Gasteiger partial charge in [-0.2, -0.15) is 0 Å². The Bertz CT molecular complexity index is 543. The molecule has 0 spiro atoms. The molecule has 0 saturated heterocycles. The van der Waals surface area contributed by atoms with Gasteiger partial charge in [-0.05, 0) is 36.2 Å². The third-order valence-corrected chi connectivity index (χ3v) is 3.41. The van der Waals surface area contributed by atoms with Crippen LogP contribution in [0.15, 0.2) is 36.5 Å². The molecule has 2 heterocycles. The van der Waals surface area contributed by atoms with Crippen molar-refractivity contribution in [1.29, 1.82) is 0 Å². The van der Waals surface area contributed by atoms with E-state index in [0.29, 0.717) is 5.88 Å². The minimum absolute atomic E-state index is 0.518. The van der Waals surface area contributed by atoms with E-state index in [0.717, 1.165) is 42.2 Å². The van der Waals surface area contributed by atoms with Crippen molar-refractivity contribution in [2.24, 2.45) is 0 Å². The normalized spacial score (nSPS) is 10.6. The van der Waals surface area contributed by atoms with Crippen LogP contribution < -0.4 is 4.90 Å². The summed E-state index contributed by atoms with van der Waals surface area (Å²) in [4.78, 5) is 11.2. The van der Waals surface area contributed by atoms with Crippen molar-refractivity contribution >= 4 is 17.4 Å². The van der Waals surface area contributed by atoms with Crippen LogP contribution in [0.25, 0.3) is 0 Å². The molecule has 0 N–H and O–H groups in total. The molecule has 106 valence electrons. The summed E-state index contributed by atoms with van der Waals surface area (Å²) in [5.74, 6) is 1.47. The molecule has 4 heteroatoms. The van der Waals surface area contributed by atoms with E-state index in [-0.39, 0.29) is 0 Å². The molecule has 0 bridgehead atoms. The van der Waals surface area contributed by atoms with Gasteiger partial charge in [0.15, 0.2) is 0 Å². The third-order valence-electron chi connectivity index (χ3n) is 3.10. The van der Waals surface area contributed by atoms with E-state index < -0.39 is 0 Å². The first-order valence-corrected chi connectivity index (χ1v) is 7.43. The van der Waals surface area contributed by atoms with E-state index in [1.165, 1.54) is 0 Å². The molecule has 0 fully saturated rings. The van der Waals surface area contributed by atoms with Crippen molar-refractivity contribution in [3.8, 4) is 0 Å². The van der Waals surface area contributed by atoms with Crippen LogP contribution in [-0.4, -0.2) is 17.0 Å². The molecule has 0 aliphatic heterocycles. The van der Waals surface area contributed by atoms with Gasteiger partial charge in [-0.1, -0.05) is 19.4 Å². The summed E-state index contributed by atoms with van der Waals surface area (Å²) < 4.78 is 0. The van der Waals surface area contributed by atoms with Gasteiger partial charge in [0.25, 0.3) is 0 Å². The Morgan fingerprint density at radius 3 is 2.70 bits per heavy atom. The van der Waals surface area contributed by atoms with Gasteiger partial charge in [0.1, 0.15) is 5.82 Å². The highest BCUT2D eigenvalue weighted by atomic mass is 35.5. The Kier molecular flexibility index (Phi) is 5.36. The van der Waals surface area contributed by atoms with Gasteiger partial charge in [0, 0.05) is 24.8 Å². The Labute approximate surface area is 125 Å². The van der Waals surface area contributed by atoms with Crippen molar-refractivity contribution in [2.45, 2.75) is 32.2 Å². The van der Waals surface area contributed by atoms with Gasteiger partial charge in [-0.3, -0.25) is 4.98 Å². The molecule has 0 aliphatic carbocycles. The third kappa shape index (κ3) is 3.94. The zero-order valence-electron chi connectivity index (χ0n) is 12.0. The number of anilines is 1. The van der Waals surface area contributed by atoms with Crippen molar-refractivity contribution in [3.05, 3.63) is 53.5 Å². The molecule has 0 radical (unpaired) electrons. The zero-order chi connectivity index (χ0) is 14.4. The van der Waals surface area contributed by atoms with Gasteiger partial charge in [-0.25, -0.2) is 4.98 Å². The maximum Gasteiger partial charge on any atom is 0.129 e. The first-order valence-electron chi connectivity index (χ1n) is 6.89. The van der Waals surface area contributed by atoms with Gasteiger partial charge in [0.2, 0.25) is 0 Å². The molecule has 0 amide bonds. The van der Waals surface area contributed by atoms with Crippen molar-refractivity contribution in [3.63, 3.8) is 0 Å². The molecular formula is C16H20ClN3. The lowest BCUT2D eigenvalue weighted by atomic mass is 10.1. The van der Waals surface area contributed by atoms with Gasteiger partial charge in [-0.15, -0.1) is 11.6 Å². The second kappa shape index (κ2) is 7.25. The van der Waals surface area contributed by atoms with Crippen LogP contribution in [0.4, 0.5) is 5.82 Å². The Hall–Kier alpha value is -1.61. The molecule has 0 atom stereocenters. The fourth-order valence-corrected chi connectivity index (χ4v) is 2.26. The lowest BCUT2D eigenvalue weighted by Gasteiger charge is -2.19. The number of alkyl halides is 1. The molecule has 0 saturated carbocycles. The highest BCUT2D eigenvalue weighted by molar-refractivity contribution is 6.17. The molecule has 3 nitrogen and oxygen atoms in total. The van der Waals surface area contributed by atoms with Crippen molar-refractivity contribution in [1.82, 2.24) is 9.97 Å². The Morgan fingerprint density at radius 1 is 1.20 bits per heavy atom. The number of hydrogen-bond donors (Lipinski definition) is 0. The standard InChI is InChI=1S/C16H20ClN3/c1-3-6-14-9-13(11-17)10-16(19-14)20(2)12-15-7-4-5-8-18-15/h4-5,7-10H,3,6,11-12H2,1-2H3. The largest absolute Gasteiger partial charge is 0.354 e. The Morgan fingerprint density at radius 2 is 2.05 bits per heavy atom. The minimum Gasteiger partial charge on any atom is -0.354 e. The molecule has 20 heavy (non-hydrogen) atoms. The number of halogens is 1. The lowest BCUT2D eigenvalue weighted by molar-refractivity contribution is 0.833. The maximum absolute atomic E-state index is 5.98. The monoisotopic (exact) mass is 289 g/mol. The van der Waals surface area contributed by atoms with Crippen molar-refractivity contribution < 1.29 is 0 Å². The molecule has 0 aromatic carbocycles. The second-order valence-electron chi connectivity index (χ2n) is 4.89. The number of aromatic nitrogens is 2. The number of hydrogen-bond acceptors (Lipinski definition) is 3. The highest BCUT2D eigenvalue weighted by Crippen LogP contribution is 2.18. The predicted octanol–water partition coefficient (Wildman–Crippen LogP) is 3.80. The van der Waals surface area contributed by atoms with Gasteiger partial charge in [0.05, 0.1) is 12.2 Å². The first-order chi connectivity index (χ1) is 9.72. The number of aryl methyl sites for hydroxylation is 1. The van der Waals surface area contributed by atoms with Crippen LogP contribution in [0, 0.1) is 0 Å². The summed E-state index contributed by atoms with van der Waals surface area (Å²) >= 11 is 5.98. The smallest absolute Gasteiger partial charge is 0.129 e. The van der Waals surface area contributed by atoms with Gasteiger partial charge >= 0.3 is 0 Å². The summed E-state index contributed by atoms with van der Waals surface area (Å²) in [6.07, 6.45) is 3.88. The van der Waals surface area contributed by atoms with Crippen LogP contribution in [0.2, 0.25) is 0 Å². The molecule has 2 aromatic rings. The Balaban J connectivity index is 2.19. The molecule has 0 unspecified atom stereocenters. The average molecular weight is 290 g/mol. The molecule has 0 aliphatic rings. The summed E-state index contributed by atoms with van der Waals surface area (Å²) in [5, 5.41) is 0. The molecule has 2 aromatic heterocycles. The lowest BCUT2D eigenvalue weighted by Crippen LogP contribution is -2.19. The highest BCUT2D eigenvalue weighted by Gasteiger charge is 2.08. The fraction of sp³-hybridized carbons (Fsp3) is 0.375. The SMILES string of the molecule is CCCc1cc(CCl)cc(N(C)Cc2ccccn2)n1. The quantitative estimate of drug-likeness (QED) is 0.757. The zero-order valence-corrected chi connectivity index (χ0v) is 12.8. The predicted molar refractivity (Wildman–Crippen MR) is 84.1 cm³/mol. The van der Waals surface area contributed by atoms with E-state index in [2.05, 4.69) is 28.9 Å². The molecular weight excluding hydrogens is 270 g/mol. The fourth-order valence-electron chi connectivity index (χ4n) is 2.11. The van der Waals surface area contributed by atoms with Crippen molar-refractivity contribution in [2.75, 3.05) is 11.9 Å². The number of pyridine rings is 2. The van der Waals surface area contributed by atoms with E-state index >= 15 is 0 Å². The first kappa shape index (κ1) is 14.8. The van der Waals surface area contributed by atoms with Crippen LogP contribution >= 0.6 is 11.6 Å². The minimum atomic E-state index is 0.518. The average Bonchev–Trinajstić information content (AvgIpc) is 2.48. The summed E-state index contributed by atoms with van der Waals surface area (Å²) in [5.41, 5.74) is 3.26. The number of rotatable bonds is 6. The van der Waals surface area contributed by atoms with E-state index in [1.54, 1.807) is 0 Å². The van der Waals surface area contributed by atoms with Crippen LogP contribution in [0.5, 0.6) is 0 Å². The number of nitrogens with zero attached hydrogens (tertiary/aromatic N) is 3. The summed E-state index contributed by atoms with van der Waals surface area (Å²) in [6, 6.07) is 10.1. The van der Waals surface area contributed by atoms with E-state index in [1.807, 2.05) is 31.4 Å². The maximum atomic E-state index is 5.98. The summed E-state index contributed by atoms with van der Waals surface area (Å²) in [7, 11) is 2.03. The molecule has 2 rings (SSSR count). The second-order valence-corrected chi connectivity index (χ2v) is 5.15. The van der Waals surface area contributed by atoms with Crippen LogP contribution in [0.1, 0.15) is 30.3 Å². The van der Waals surface area contributed by atoms with E-state index in [9.17, 15) is 0 Å². The van der Waals surface area contributed by atoms with Gasteiger partial charge < -0.3 is 4.90 Å². The van der Waals surface area contributed by atoms with Crippen LogP contribution in [-0.2, 0) is 18.8 Å². The van der Waals surface area contributed by atoms with Crippen LogP contribution in [0.3, 0.4) is 0 Å². The van der Waals surface area contributed by atoms with E-state index in [4.69, 9.17) is 16.6 Å². The summed E-state index contributed by atoms with van der Waals surface area (Å²) in [6.45, 7) is 2.90.